The van der Waals surface area contributed by atoms with Crippen molar-refractivity contribution < 1.29 is 19.1 Å². The SMILES string of the molecule is COc1ccc(C)cc1NC(=O)[C@H]1CCCN1Cc1ccc(CO)o1. The molecule has 2 heterocycles. The molecule has 1 aliphatic rings. The van der Waals surface area contributed by atoms with Crippen LogP contribution in [0.1, 0.15) is 29.9 Å². The minimum atomic E-state index is -0.201. The number of hydrogen-bond donors (Lipinski definition) is 2. The normalized spacial score (nSPS) is 17.6. The van der Waals surface area contributed by atoms with Gasteiger partial charge in [-0.2, -0.15) is 0 Å². The molecule has 2 N–H and O–H groups in total. The summed E-state index contributed by atoms with van der Waals surface area (Å²) in [5, 5.41) is 12.1. The summed E-state index contributed by atoms with van der Waals surface area (Å²) in [7, 11) is 1.60. The number of nitrogens with zero attached hydrogens (tertiary/aromatic N) is 1. The van der Waals surface area contributed by atoms with Crippen molar-refractivity contribution in [3.8, 4) is 5.75 Å². The van der Waals surface area contributed by atoms with E-state index in [0.717, 1.165) is 30.7 Å². The van der Waals surface area contributed by atoms with Crippen molar-refractivity contribution in [3.05, 3.63) is 47.4 Å². The third-order valence-electron chi connectivity index (χ3n) is 4.51. The number of likely N-dealkylation sites (tertiary alicyclic amines) is 1. The van der Waals surface area contributed by atoms with Crippen LogP contribution in [0.25, 0.3) is 0 Å². The van der Waals surface area contributed by atoms with Crippen molar-refractivity contribution in [3.63, 3.8) is 0 Å². The van der Waals surface area contributed by atoms with E-state index in [2.05, 4.69) is 10.2 Å². The molecule has 1 amide bonds. The van der Waals surface area contributed by atoms with E-state index in [1.54, 1.807) is 13.2 Å². The number of methoxy groups -OCH3 is 1. The molecule has 1 aromatic carbocycles. The van der Waals surface area contributed by atoms with E-state index in [9.17, 15) is 4.79 Å². The molecular formula is C19H24N2O4. The maximum Gasteiger partial charge on any atom is 0.241 e. The second-order valence-electron chi connectivity index (χ2n) is 6.35. The standard InChI is InChI=1S/C19H24N2O4/c1-13-5-8-18(24-2)16(10-13)20-19(23)17-4-3-9-21(17)11-14-6-7-15(12-22)25-14/h5-8,10,17,22H,3-4,9,11-12H2,1-2H3,(H,20,23)/t17-/m1/s1. The number of aliphatic hydroxyl groups excluding tert-OH is 1. The highest BCUT2D eigenvalue weighted by atomic mass is 16.5. The maximum absolute atomic E-state index is 12.8. The van der Waals surface area contributed by atoms with Gasteiger partial charge < -0.3 is 19.6 Å². The molecule has 0 saturated carbocycles. The van der Waals surface area contributed by atoms with Gasteiger partial charge in [0, 0.05) is 0 Å². The number of aliphatic hydroxyl groups is 1. The molecule has 2 aromatic rings. The lowest BCUT2D eigenvalue weighted by atomic mass is 10.1. The van der Waals surface area contributed by atoms with Gasteiger partial charge in [0.2, 0.25) is 5.91 Å². The molecular weight excluding hydrogens is 320 g/mol. The molecule has 1 saturated heterocycles. The molecule has 6 heteroatoms. The molecule has 25 heavy (non-hydrogen) atoms. The van der Waals surface area contributed by atoms with Crippen molar-refractivity contribution in [2.75, 3.05) is 19.0 Å². The molecule has 0 spiro atoms. The van der Waals surface area contributed by atoms with E-state index in [1.807, 2.05) is 31.2 Å². The van der Waals surface area contributed by atoms with Crippen LogP contribution in [-0.4, -0.2) is 35.6 Å². The number of rotatable bonds is 6. The number of benzene rings is 1. The Hall–Kier alpha value is -2.31. The van der Waals surface area contributed by atoms with Gasteiger partial charge >= 0.3 is 0 Å². The first-order valence-electron chi connectivity index (χ1n) is 8.48. The molecule has 1 atom stereocenters. The van der Waals surface area contributed by atoms with Crippen LogP contribution < -0.4 is 10.1 Å². The summed E-state index contributed by atoms with van der Waals surface area (Å²) < 4.78 is 10.9. The minimum absolute atomic E-state index is 0.0321. The first-order chi connectivity index (χ1) is 12.1. The first-order valence-corrected chi connectivity index (χ1v) is 8.48. The Balaban J connectivity index is 1.69. The smallest absolute Gasteiger partial charge is 0.241 e. The van der Waals surface area contributed by atoms with Gasteiger partial charge in [-0.3, -0.25) is 9.69 Å². The second-order valence-corrected chi connectivity index (χ2v) is 6.35. The Labute approximate surface area is 147 Å². The van der Waals surface area contributed by atoms with Crippen LogP contribution in [0.2, 0.25) is 0 Å². The Morgan fingerprint density at radius 3 is 2.88 bits per heavy atom. The number of furan rings is 1. The topological polar surface area (TPSA) is 74.9 Å². The Bertz CT molecular complexity index is 741. The van der Waals surface area contributed by atoms with Gasteiger partial charge in [0.25, 0.3) is 0 Å². The number of aryl methyl sites for hydroxylation is 1. The lowest BCUT2D eigenvalue weighted by molar-refractivity contribution is -0.120. The van der Waals surface area contributed by atoms with Gasteiger partial charge in [0.1, 0.15) is 23.9 Å². The lowest BCUT2D eigenvalue weighted by Gasteiger charge is -2.23. The van der Waals surface area contributed by atoms with Crippen molar-refractivity contribution in [2.45, 2.75) is 39.0 Å². The summed E-state index contributed by atoms with van der Waals surface area (Å²) >= 11 is 0. The van der Waals surface area contributed by atoms with Gasteiger partial charge in [0.15, 0.2) is 0 Å². The fourth-order valence-corrected chi connectivity index (χ4v) is 3.24. The Kier molecular flexibility index (Phi) is 5.40. The van der Waals surface area contributed by atoms with Crippen molar-refractivity contribution in [1.82, 2.24) is 4.90 Å². The highest BCUT2D eigenvalue weighted by molar-refractivity contribution is 5.96. The molecule has 0 unspecified atom stereocenters. The van der Waals surface area contributed by atoms with Gasteiger partial charge in [0.05, 0.1) is 25.4 Å². The average Bonchev–Trinajstić information content (AvgIpc) is 3.24. The predicted molar refractivity (Wildman–Crippen MR) is 94.4 cm³/mol. The zero-order valence-electron chi connectivity index (χ0n) is 14.6. The first kappa shape index (κ1) is 17.5. The number of hydrogen-bond acceptors (Lipinski definition) is 5. The summed E-state index contributed by atoms with van der Waals surface area (Å²) in [6.45, 7) is 3.27. The van der Waals surface area contributed by atoms with Crippen molar-refractivity contribution in [1.29, 1.82) is 0 Å². The van der Waals surface area contributed by atoms with E-state index < -0.39 is 0 Å². The molecule has 0 bridgehead atoms. The van der Waals surface area contributed by atoms with Crippen LogP contribution in [0.5, 0.6) is 5.75 Å². The van der Waals surface area contributed by atoms with Crippen LogP contribution in [-0.2, 0) is 17.9 Å². The van der Waals surface area contributed by atoms with Gasteiger partial charge in [-0.15, -0.1) is 0 Å². The summed E-state index contributed by atoms with van der Waals surface area (Å²) in [6.07, 6.45) is 1.78. The van der Waals surface area contributed by atoms with Gasteiger partial charge in [-0.25, -0.2) is 0 Å². The molecule has 1 aromatic heterocycles. The van der Waals surface area contributed by atoms with Crippen LogP contribution in [0.3, 0.4) is 0 Å². The van der Waals surface area contributed by atoms with Crippen LogP contribution in [0, 0.1) is 6.92 Å². The van der Waals surface area contributed by atoms with Crippen molar-refractivity contribution in [2.24, 2.45) is 0 Å². The van der Waals surface area contributed by atoms with Crippen LogP contribution in [0.4, 0.5) is 5.69 Å². The minimum Gasteiger partial charge on any atom is -0.495 e. The third kappa shape index (κ3) is 4.03. The molecule has 0 radical (unpaired) electrons. The molecule has 1 fully saturated rings. The summed E-state index contributed by atoms with van der Waals surface area (Å²) in [4.78, 5) is 14.9. The highest BCUT2D eigenvalue weighted by Gasteiger charge is 2.31. The molecule has 3 rings (SSSR count). The fourth-order valence-electron chi connectivity index (χ4n) is 3.24. The monoisotopic (exact) mass is 344 g/mol. The van der Waals surface area contributed by atoms with E-state index >= 15 is 0 Å². The molecule has 134 valence electrons. The number of nitrogens with one attached hydrogen (secondary N) is 1. The van der Waals surface area contributed by atoms with E-state index in [4.69, 9.17) is 14.3 Å². The number of carbonyl (C=O) groups is 1. The fraction of sp³-hybridized carbons (Fsp3) is 0.421. The molecule has 0 aliphatic carbocycles. The Morgan fingerprint density at radius 1 is 1.36 bits per heavy atom. The zero-order valence-corrected chi connectivity index (χ0v) is 14.6. The highest BCUT2D eigenvalue weighted by Crippen LogP contribution is 2.27. The van der Waals surface area contributed by atoms with E-state index in [1.165, 1.54) is 0 Å². The molecule has 1 aliphatic heterocycles. The number of amides is 1. The van der Waals surface area contributed by atoms with Gasteiger partial charge in [-0.05, 0) is 56.1 Å². The number of carbonyl (C=O) groups excluding carboxylic acids is 1. The van der Waals surface area contributed by atoms with E-state index in [0.29, 0.717) is 23.7 Å². The summed E-state index contributed by atoms with van der Waals surface area (Å²) in [6, 6.07) is 9.13. The summed E-state index contributed by atoms with van der Waals surface area (Å²) in [5.41, 5.74) is 1.76. The van der Waals surface area contributed by atoms with Gasteiger partial charge in [-0.1, -0.05) is 6.07 Å². The van der Waals surface area contributed by atoms with Crippen LogP contribution >= 0.6 is 0 Å². The predicted octanol–water partition coefficient (Wildman–Crippen LogP) is 2.69. The van der Waals surface area contributed by atoms with E-state index in [-0.39, 0.29) is 18.6 Å². The quantitative estimate of drug-likeness (QED) is 0.843. The van der Waals surface area contributed by atoms with Crippen molar-refractivity contribution >= 4 is 11.6 Å². The number of anilines is 1. The number of ether oxygens (including phenoxy) is 1. The summed E-state index contributed by atoms with van der Waals surface area (Å²) in [5.74, 6) is 1.93. The Morgan fingerprint density at radius 2 is 2.16 bits per heavy atom. The lowest BCUT2D eigenvalue weighted by Crippen LogP contribution is -2.39. The third-order valence-corrected chi connectivity index (χ3v) is 4.51. The van der Waals surface area contributed by atoms with Crippen LogP contribution in [0.15, 0.2) is 34.7 Å². The maximum atomic E-state index is 12.8. The largest absolute Gasteiger partial charge is 0.495 e. The zero-order chi connectivity index (χ0) is 17.8. The average molecular weight is 344 g/mol. The second kappa shape index (κ2) is 7.72. The molecule has 6 nitrogen and oxygen atoms in total.